The van der Waals surface area contributed by atoms with Gasteiger partial charge in [-0.25, -0.2) is 4.98 Å². The quantitative estimate of drug-likeness (QED) is 0.824. The molecule has 0 bridgehead atoms. The van der Waals surface area contributed by atoms with Crippen molar-refractivity contribution in [3.63, 3.8) is 0 Å². The molecule has 0 aliphatic rings. The Kier molecular flexibility index (Phi) is 3.32. The van der Waals surface area contributed by atoms with Crippen molar-refractivity contribution in [2.45, 2.75) is 6.92 Å². The maximum absolute atomic E-state index is 12.1. The lowest BCUT2D eigenvalue weighted by Crippen LogP contribution is -2.20. The number of rotatable bonds is 3. The third kappa shape index (κ3) is 2.07. The highest BCUT2D eigenvalue weighted by Crippen LogP contribution is 2.19. The van der Waals surface area contributed by atoms with E-state index in [1.807, 2.05) is 25.1 Å². The van der Waals surface area contributed by atoms with Gasteiger partial charge in [0.15, 0.2) is 0 Å². The van der Waals surface area contributed by atoms with Crippen LogP contribution in [0.4, 0.5) is 0 Å². The molecule has 0 spiro atoms. The Morgan fingerprint density at radius 1 is 1.22 bits per heavy atom. The summed E-state index contributed by atoms with van der Waals surface area (Å²) >= 11 is 0. The summed E-state index contributed by atoms with van der Waals surface area (Å²) in [5, 5.41) is 0. The maximum Gasteiger partial charge on any atom is 0.317 e. The molecule has 0 unspecified atom stereocenters. The van der Waals surface area contributed by atoms with Gasteiger partial charge in [-0.1, -0.05) is 0 Å². The monoisotopic (exact) mass is 246 g/mol. The van der Waals surface area contributed by atoms with E-state index in [4.69, 9.17) is 9.47 Å². The molecule has 18 heavy (non-hydrogen) atoms. The summed E-state index contributed by atoms with van der Waals surface area (Å²) in [7, 11) is 3.03. The van der Waals surface area contributed by atoms with Crippen LogP contribution in [0.15, 0.2) is 35.4 Å². The van der Waals surface area contributed by atoms with Crippen LogP contribution in [0, 0.1) is 6.92 Å². The predicted molar refractivity (Wildman–Crippen MR) is 67.7 cm³/mol. The fourth-order valence-electron chi connectivity index (χ4n) is 1.75. The Morgan fingerprint density at radius 3 is 2.61 bits per heavy atom. The number of aryl methyl sites for hydroxylation is 1. The minimum Gasteiger partial charge on any atom is -0.497 e. The number of aromatic nitrogens is 2. The fraction of sp³-hybridized carbons (Fsp3) is 0.231. The number of methoxy groups -OCH3 is 2. The first-order chi connectivity index (χ1) is 8.67. The molecule has 0 radical (unpaired) electrons. The van der Waals surface area contributed by atoms with Gasteiger partial charge in [-0.3, -0.25) is 9.36 Å². The average molecular weight is 246 g/mol. The molecule has 5 nitrogen and oxygen atoms in total. The zero-order valence-corrected chi connectivity index (χ0v) is 10.5. The lowest BCUT2D eigenvalue weighted by Gasteiger charge is -2.11. The van der Waals surface area contributed by atoms with Crippen LogP contribution in [0.3, 0.4) is 0 Å². The van der Waals surface area contributed by atoms with Crippen LogP contribution >= 0.6 is 0 Å². The molecule has 1 heterocycles. The maximum atomic E-state index is 12.1. The van der Waals surface area contributed by atoms with E-state index in [9.17, 15) is 4.79 Å². The van der Waals surface area contributed by atoms with Gasteiger partial charge >= 0.3 is 5.56 Å². The summed E-state index contributed by atoms with van der Waals surface area (Å²) in [6.45, 7) is 1.91. The lowest BCUT2D eigenvalue weighted by molar-refractivity contribution is 0.388. The highest BCUT2D eigenvalue weighted by atomic mass is 16.5. The molecule has 2 rings (SSSR count). The standard InChI is InChI=1S/C13H14N2O3/c1-9-8-10(17-2)4-5-11(9)15-7-6-14-12(18-3)13(15)16/h4-8H,1-3H3. The second kappa shape index (κ2) is 4.91. The first kappa shape index (κ1) is 12.2. The van der Waals surface area contributed by atoms with Gasteiger partial charge < -0.3 is 9.47 Å². The van der Waals surface area contributed by atoms with E-state index in [2.05, 4.69) is 4.98 Å². The summed E-state index contributed by atoms with van der Waals surface area (Å²) < 4.78 is 11.6. The molecule has 0 aliphatic carbocycles. The molecule has 1 aromatic carbocycles. The van der Waals surface area contributed by atoms with Gasteiger partial charge in [0.1, 0.15) is 5.75 Å². The van der Waals surface area contributed by atoms with E-state index < -0.39 is 0 Å². The Hall–Kier alpha value is -2.30. The van der Waals surface area contributed by atoms with Crippen LogP contribution < -0.4 is 15.0 Å². The summed E-state index contributed by atoms with van der Waals surface area (Å²) in [6.07, 6.45) is 3.14. The molecule has 2 aromatic rings. The van der Waals surface area contributed by atoms with Crippen LogP contribution in [-0.4, -0.2) is 23.8 Å². The first-order valence-electron chi connectivity index (χ1n) is 5.44. The Balaban J connectivity index is 2.59. The van der Waals surface area contributed by atoms with Crippen molar-refractivity contribution in [3.05, 3.63) is 46.5 Å². The zero-order chi connectivity index (χ0) is 13.1. The summed E-state index contributed by atoms with van der Waals surface area (Å²) in [5.41, 5.74) is 1.43. The van der Waals surface area contributed by atoms with Gasteiger partial charge in [0, 0.05) is 12.4 Å². The number of nitrogens with zero attached hydrogens (tertiary/aromatic N) is 2. The van der Waals surface area contributed by atoms with Crippen molar-refractivity contribution >= 4 is 0 Å². The Bertz CT molecular complexity index is 620. The van der Waals surface area contributed by atoms with Crippen LogP contribution in [0.1, 0.15) is 5.56 Å². The Labute approximate surface area is 105 Å². The smallest absolute Gasteiger partial charge is 0.317 e. The van der Waals surface area contributed by atoms with E-state index in [-0.39, 0.29) is 11.4 Å². The fourth-order valence-corrected chi connectivity index (χ4v) is 1.75. The van der Waals surface area contributed by atoms with Gasteiger partial charge in [0.2, 0.25) is 0 Å². The zero-order valence-electron chi connectivity index (χ0n) is 10.5. The van der Waals surface area contributed by atoms with E-state index >= 15 is 0 Å². The third-order valence-corrected chi connectivity index (χ3v) is 2.67. The average Bonchev–Trinajstić information content (AvgIpc) is 2.39. The van der Waals surface area contributed by atoms with Crippen molar-refractivity contribution in [2.24, 2.45) is 0 Å². The molecule has 0 amide bonds. The molecular weight excluding hydrogens is 232 g/mol. The molecule has 5 heteroatoms. The first-order valence-corrected chi connectivity index (χ1v) is 5.44. The van der Waals surface area contributed by atoms with Crippen LogP contribution in [-0.2, 0) is 0 Å². The van der Waals surface area contributed by atoms with Gasteiger partial charge in [-0.2, -0.15) is 0 Å². The largest absolute Gasteiger partial charge is 0.497 e. The highest BCUT2D eigenvalue weighted by Gasteiger charge is 2.08. The SMILES string of the molecule is COc1ccc(-n2ccnc(OC)c2=O)c(C)c1. The third-order valence-electron chi connectivity index (χ3n) is 2.67. The van der Waals surface area contributed by atoms with Crippen LogP contribution in [0.5, 0.6) is 11.6 Å². The minimum absolute atomic E-state index is 0.0766. The minimum atomic E-state index is -0.284. The van der Waals surface area contributed by atoms with Crippen LogP contribution in [0.25, 0.3) is 5.69 Å². The lowest BCUT2D eigenvalue weighted by atomic mass is 10.2. The summed E-state index contributed by atoms with van der Waals surface area (Å²) in [5.74, 6) is 0.832. The van der Waals surface area contributed by atoms with Crippen molar-refractivity contribution in [3.8, 4) is 17.3 Å². The second-order valence-corrected chi connectivity index (χ2v) is 3.76. The number of hydrogen-bond donors (Lipinski definition) is 0. The normalized spacial score (nSPS) is 10.2. The van der Waals surface area contributed by atoms with E-state index in [1.165, 1.54) is 17.9 Å². The highest BCUT2D eigenvalue weighted by molar-refractivity contribution is 5.45. The van der Waals surface area contributed by atoms with Crippen molar-refractivity contribution in [1.82, 2.24) is 9.55 Å². The van der Waals surface area contributed by atoms with Crippen LogP contribution in [0.2, 0.25) is 0 Å². The van der Waals surface area contributed by atoms with Gasteiger partial charge in [0.25, 0.3) is 5.88 Å². The predicted octanol–water partition coefficient (Wildman–Crippen LogP) is 1.56. The summed E-state index contributed by atoms with van der Waals surface area (Å²) in [6, 6.07) is 5.51. The van der Waals surface area contributed by atoms with E-state index in [0.29, 0.717) is 0 Å². The topological polar surface area (TPSA) is 53.4 Å². The molecule has 1 aromatic heterocycles. The molecule has 0 atom stereocenters. The molecule has 0 fully saturated rings. The number of ether oxygens (including phenoxy) is 2. The van der Waals surface area contributed by atoms with E-state index in [0.717, 1.165) is 17.0 Å². The molecule has 0 aliphatic heterocycles. The van der Waals surface area contributed by atoms with Crippen molar-refractivity contribution in [2.75, 3.05) is 14.2 Å². The molecule has 94 valence electrons. The number of hydrogen-bond acceptors (Lipinski definition) is 4. The Morgan fingerprint density at radius 2 is 2.00 bits per heavy atom. The number of benzene rings is 1. The van der Waals surface area contributed by atoms with Gasteiger partial charge in [-0.15, -0.1) is 0 Å². The van der Waals surface area contributed by atoms with Gasteiger partial charge in [-0.05, 0) is 30.7 Å². The summed E-state index contributed by atoms with van der Waals surface area (Å²) in [4.78, 5) is 15.9. The van der Waals surface area contributed by atoms with E-state index in [1.54, 1.807) is 13.3 Å². The molecule has 0 N–H and O–H groups in total. The molecule has 0 saturated heterocycles. The van der Waals surface area contributed by atoms with Gasteiger partial charge in [0.05, 0.1) is 19.9 Å². The van der Waals surface area contributed by atoms with Crippen molar-refractivity contribution in [1.29, 1.82) is 0 Å². The molecule has 0 saturated carbocycles. The second-order valence-electron chi connectivity index (χ2n) is 3.76. The molecular formula is C13H14N2O3. The van der Waals surface area contributed by atoms with Crippen molar-refractivity contribution < 1.29 is 9.47 Å².